The number of nitrogens with one attached hydrogen (secondary N) is 2. The molecule has 3 aliphatic heterocycles. The lowest BCUT2D eigenvalue weighted by molar-refractivity contribution is -0.386. The first-order valence-electron chi connectivity index (χ1n) is 22.9. The standard InChI is InChI=1S/C49H57ClN8O8S2/c1-49(2)13-11-36(43(28-49)34-5-7-37(50)8-6-34)31-55-15-19-56(20-16-55)38-9-10-41(46(25-38)66-39-24-35-12-14-51-47(35)52-29-39)48(59)53-68(63,64)40-26-44(58(60)61)42-23-33(32-65-45(42)27-40)30-54-17-21-57(22-18-54)67(3,4)62/h5-10,12,14,24-27,29,33H,3,11,13,15-23,28,30-32H2,1-2,4H3,(H,51,52)(H,53,59)/t33-,67?/m0/s1. The Morgan fingerprint density at radius 1 is 1.00 bits per heavy atom. The van der Waals surface area contributed by atoms with Gasteiger partial charge in [-0.3, -0.25) is 24.0 Å². The molecule has 0 bridgehead atoms. The highest BCUT2D eigenvalue weighted by atomic mass is 35.5. The highest BCUT2D eigenvalue weighted by Crippen LogP contribution is 2.44. The van der Waals surface area contributed by atoms with Crippen LogP contribution in [0.4, 0.5) is 11.4 Å². The van der Waals surface area contributed by atoms with Gasteiger partial charge in [-0.25, -0.2) is 22.4 Å². The minimum Gasteiger partial charge on any atom is -0.493 e. The van der Waals surface area contributed by atoms with E-state index in [2.05, 4.69) is 61.2 Å². The largest absolute Gasteiger partial charge is 0.493 e. The molecule has 9 rings (SSSR count). The second kappa shape index (κ2) is 19.1. The number of piperazine rings is 2. The Bertz CT molecular complexity index is 3000. The summed E-state index contributed by atoms with van der Waals surface area (Å²) in [4.78, 5) is 39.9. The third-order valence-electron chi connectivity index (χ3n) is 13.6. The molecule has 0 saturated carbocycles. The zero-order chi connectivity index (χ0) is 48.0. The molecular formula is C49H57ClN8O8S2. The van der Waals surface area contributed by atoms with E-state index >= 15 is 0 Å². The van der Waals surface area contributed by atoms with Crippen LogP contribution in [0.1, 0.15) is 54.6 Å². The molecule has 1 amide bonds. The van der Waals surface area contributed by atoms with Crippen molar-refractivity contribution in [2.75, 3.05) is 83.2 Å². The number of pyridine rings is 1. The Balaban J connectivity index is 0.919. The molecule has 0 spiro atoms. The molecular weight excluding hydrogens is 928 g/mol. The minimum atomic E-state index is -4.66. The number of sulfonamides is 1. The first-order chi connectivity index (χ1) is 32.4. The second-order valence-corrected chi connectivity index (χ2v) is 23.8. The summed E-state index contributed by atoms with van der Waals surface area (Å²) in [6.45, 7) is 11.9. The Morgan fingerprint density at radius 2 is 1.74 bits per heavy atom. The second-order valence-electron chi connectivity index (χ2n) is 19.2. The molecule has 5 aromatic rings. The third kappa shape index (κ3) is 10.7. The maximum absolute atomic E-state index is 14.1. The van der Waals surface area contributed by atoms with Crippen LogP contribution >= 0.6 is 11.6 Å². The van der Waals surface area contributed by atoms with Crippen LogP contribution in [-0.4, -0.2) is 132 Å². The molecule has 68 heavy (non-hydrogen) atoms. The number of nitro benzene ring substituents is 1. The van der Waals surface area contributed by atoms with Crippen molar-refractivity contribution < 1.29 is 31.8 Å². The smallest absolute Gasteiger partial charge is 0.277 e. The lowest BCUT2D eigenvalue weighted by Crippen LogP contribution is -2.50. The molecule has 4 aliphatic rings. The number of ether oxygens (including phenoxy) is 2. The number of rotatable bonds is 13. The molecule has 19 heteroatoms. The van der Waals surface area contributed by atoms with Gasteiger partial charge in [-0.05, 0) is 84.5 Å². The molecule has 16 nitrogen and oxygen atoms in total. The molecule has 3 aromatic carbocycles. The number of aromatic amines is 1. The normalized spacial score (nSPS) is 20.4. The molecule has 1 unspecified atom stereocenters. The Morgan fingerprint density at radius 3 is 2.46 bits per heavy atom. The van der Waals surface area contributed by atoms with E-state index in [9.17, 15) is 27.5 Å². The minimum absolute atomic E-state index is 0.0594. The average Bonchev–Trinajstić information content (AvgIpc) is 3.77. The highest BCUT2D eigenvalue weighted by Gasteiger charge is 2.34. The topological polar surface area (TPSA) is 184 Å². The zero-order valence-corrected chi connectivity index (χ0v) is 40.9. The van der Waals surface area contributed by atoms with Crippen molar-refractivity contribution in [3.8, 4) is 17.2 Å². The Kier molecular flexibility index (Phi) is 13.4. The Labute approximate surface area is 402 Å². The van der Waals surface area contributed by atoms with E-state index in [0.29, 0.717) is 69.2 Å². The number of carbonyl (C=O) groups excluding carboxylic acids is 1. The van der Waals surface area contributed by atoms with Crippen LogP contribution in [0.15, 0.2) is 89.6 Å². The molecule has 1 aliphatic carbocycles. The van der Waals surface area contributed by atoms with Crippen molar-refractivity contribution in [2.24, 2.45) is 11.3 Å². The van der Waals surface area contributed by atoms with Crippen LogP contribution in [0, 0.1) is 21.4 Å². The van der Waals surface area contributed by atoms with Gasteiger partial charge in [-0.15, -0.1) is 0 Å². The van der Waals surface area contributed by atoms with Crippen LogP contribution in [0.2, 0.25) is 5.02 Å². The van der Waals surface area contributed by atoms with Crippen LogP contribution < -0.4 is 19.1 Å². The summed E-state index contributed by atoms with van der Waals surface area (Å²) >= 11 is 6.25. The van der Waals surface area contributed by atoms with Crippen LogP contribution in [0.5, 0.6) is 17.2 Å². The van der Waals surface area contributed by atoms with Gasteiger partial charge in [0, 0.05) is 128 Å². The zero-order valence-electron chi connectivity index (χ0n) is 38.5. The van der Waals surface area contributed by atoms with Crippen LogP contribution in [0.25, 0.3) is 16.6 Å². The van der Waals surface area contributed by atoms with E-state index in [-0.39, 0.29) is 35.0 Å². The van der Waals surface area contributed by atoms with Crippen molar-refractivity contribution in [2.45, 2.75) is 44.4 Å². The van der Waals surface area contributed by atoms with E-state index in [4.69, 9.17) is 21.1 Å². The molecule has 2 saturated heterocycles. The number of halogens is 1. The van der Waals surface area contributed by atoms with Gasteiger partial charge in [0.25, 0.3) is 21.6 Å². The molecule has 5 heterocycles. The number of anilines is 1. The van der Waals surface area contributed by atoms with Crippen LogP contribution in [-0.2, 0) is 26.2 Å². The lowest BCUT2D eigenvalue weighted by atomic mass is 9.72. The number of hydrogen-bond acceptors (Lipinski definition) is 12. The van der Waals surface area contributed by atoms with Gasteiger partial charge in [-0.2, -0.15) is 0 Å². The van der Waals surface area contributed by atoms with Gasteiger partial charge in [-0.1, -0.05) is 43.2 Å². The molecule has 2 atom stereocenters. The summed E-state index contributed by atoms with van der Waals surface area (Å²) in [5, 5.41) is 14.0. The highest BCUT2D eigenvalue weighted by molar-refractivity contribution is 7.97. The van der Waals surface area contributed by atoms with Gasteiger partial charge in [0.1, 0.15) is 22.9 Å². The molecule has 2 fully saturated rings. The van der Waals surface area contributed by atoms with E-state index in [1.54, 1.807) is 30.7 Å². The number of nitro groups is 1. The lowest BCUT2D eigenvalue weighted by Gasteiger charge is -2.39. The SMILES string of the molecule is C=S(C)(=O)N1CCN(C[C@H]2COc3cc(S(=O)(=O)NC(=O)c4ccc(N5CCN(CC6=C(c7ccc(Cl)cc7)CC(C)(C)CC6)CC5)cc4Oc4cnc5[nH]ccc5c4)cc([N+](=O)[O-])c3C2)CC1. The van der Waals surface area contributed by atoms with E-state index in [1.165, 1.54) is 35.0 Å². The predicted octanol–water partition coefficient (Wildman–Crippen LogP) is 7.25. The van der Waals surface area contributed by atoms with Crippen molar-refractivity contribution in [3.63, 3.8) is 0 Å². The van der Waals surface area contributed by atoms with Crippen molar-refractivity contribution in [1.29, 1.82) is 0 Å². The van der Waals surface area contributed by atoms with Crippen molar-refractivity contribution >= 4 is 71.1 Å². The van der Waals surface area contributed by atoms with Gasteiger partial charge >= 0.3 is 0 Å². The number of nitrogens with zero attached hydrogens (tertiary/aromatic N) is 6. The molecule has 360 valence electrons. The van der Waals surface area contributed by atoms with Gasteiger partial charge in [0.05, 0.1) is 33.7 Å². The molecule has 2 aromatic heterocycles. The number of carbonyl (C=O) groups is 1. The number of amides is 1. The fourth-order valence-electron chi connectivity index (χ4n) is 9.81. The first kappa shape index (κ1) is 47.6. The summed E-state index contributed by atoms with van der Waals surface area (Å²) in [6, 6.07) is 19.0. The summed E-state index contributed by atoms with van der Waals surface area (Å²) < 4.78 is 56.8. The van der Waals surface area contributed by atoms with Crippen molar-refractivity contribution in [3.05, 3.63) is 117 Å². The van der Waals surface area contributed by atoms with Gasteiger partial charge in [0.2, 0.25) is 0 Å². The number of aromatic nitrogens is 2. The summed E-state index contributed by atoms with van der Waals surface area (Å²) in [6.07, 6.45) is 8.37. The average molecular weight is 986 g/mol. The Hall–Kier alpha value is -5.50. The predicted molar refractivity (Wildman–Crippen MR) is 267 cm³/mol. The maximum atomic E-state index is 14.1. The van der Waals surface area contributed by atoms with Gasteiger partial charge < -0.3 is 24.3 Å². The fourth-order valence-corrected chi connectivity index (χ4v) is 11.9. The number of H-pyrrole nitrogens is 1. The first-order valence-corrected chi connectivity index (χ1v) is 26.8. The quantitative estimate of drug-likeness (QED) is 0.0686. The molecule has 2 N–H and O–H groups in total. The number of allylic oxidation sites excluding steroid dienone is 1. The third-order valence-corrected chi connectivity index (χ3v) is 16.6. The van der Waals surface area contributed by atoms with Crippen molar-refractivity contribution in [1.82, 2.24) is 28.8 Å². The van der Waals surface area contributed by atoms with E-state index in [1.807, 2.05) is 22.5 Å². The summed E-state index contributed by atoms with van der Waals surface area (Å²) in [7, 11) is -6.97. The number of fused-ring (bicyclic) bond motifs is 2. The van der Waals surface area contributed by atoms with E-state index < -0.39 is 41.1 Å². The maximum Gasteiger partial charge on any atom is 0.277 e. The summed E-state index contributed by atoms with van der Waals surface area (Å²) in [5.74, 6) is 3.24. The van der Waals surface area contributed by atoms with Crippen LogP contribution in [0.3, 0.4) is 0 Å². The monoisotopic (exact) mass is 984 g/mol. The number of hydrogen-bond donors (Lipinski definition) is 2. The van der Waals surface area contributed by atoms with E-state index in [0.717, 1.165) is 61.1 Å². The molecule has 0 radical (unpaired) electrons. The summed E-state index contributed by atoms with van der Waals surface area (Å²) in [5.41, 5.74) is 5.57. The number of benzene rings is 3. The fraction of sp³-hybridized carbons (Fsp3) is 0.408. The van der Waals surface area contributed by atoms with Gasteiger partial charge in [0.15, 0.2) is 0 Å².